The highest BCUT2D eigenvalue weighted by Gasteiger charge is 2.26. The van der Waals surface area contributed by atoms with Gasteiger partial charge in [0.1, 0.15) is 0 Å². The molecule has 6 nitrogen and oxygen atoms in total. The van der Waals surface area contributed by atoms with Crippen LogP contribution in [0.15, 0.2) is 12.4 Å². The van der Waals surface area contributed by atoms with E-state index in [0.717, 1.165) is 31.4 Å². The summed E-state index contributed by atoms with van der Waals surface area (Å²) in [5.41, 5.74) is 6.65. The molecule has 0 amide bonds. The second-order valence-electron chi connectivity index (χ2n) is 5.24. The van der Waals surface area contributed by atoms with Crippen LogP contribution in [0.3, 0.4) is 0 Å². The van der Waals surface area contributed by atoms with E-state index in [1.54, 1.807) is 4.31 Å². The quantitative estimate of drug-likeness (QED) is 0.829. The van der Waals surface area contributed by atoms with E-state index in [0.29, 0.717) is 25.6 Å². The van der Waals surface area contributed by atoms with Gasteiger partial charge in [0.15, 0.2) is 0 Å². The van der Waals surface area contributed by atoms with E-state index in [4.69, 9.17) is 5.73 Å². The summed E-state index contributed by atoms with van der Waals surface area (Å²) >= 11 is 0. The average molecular weight is 286 g/mol. The summed E-state index contributed by atoms with van der Waals surface area (Å²) in [6.45, 7) is 2.64. The minimum absolute atomic E-state index is 0.342. The Hall–Kier alpha value is -0.920. The molecule has 1 atom stereocenters. The summed E-state index contributed by atoms with van der Waals surface area (Å²) < 4.78 is 26.6. The van der Waals surface area contributed by atoms with E-state index in [9.17, 15) is 8.42 Å². The van der Waals surface area contributed by atoms with Gasteiger partial charge in [-0.2, -0.15) is 5.10 Å². The highest BCUT2D eigenvalue weighted by atomic mass is 32.2. The van der Waals surface area contributed by atoms with Gasteiger partial charge in [0.2, 0.25) is 10.0 Å². The molecule has 1 unspecified atom stereocenters. The zero-order valence-electron chi connectivity index (χ0n) is 11.3. The fourth-order valence-corrected chi connectivity index (χ4v) is 3.49. The second-order valence-corrected chi connectivity index (χ2v) is 7.22. The molecule has 0 radical (unpaired) electrons. The standard InChI is InChI=1S/C12H22N4O2S/c1-19(17,18)16-6-2-3-12(10-16)9-15-8-11(4-5-13)7-14-15/h7-8,12H,2-6,9-10,13H2,1H3. The molecular formula is C12H22N4O2S. The molecule has 1 fully saturated rings. The topological polar surface area (TPSA) is 81.2 Å². The van der Waals surface area contributed by atoms with Crippen molar-refractivity contribution in [1.82, 2.24) is 14.1 Å². The summed E-state index contributed by atoms with van der Waals surface area (Å²) in [4.78, 5) is 0. The van der Waals surface area contributed by atoms with Crippen LogP contribution in [0.1, 0.15) is 18.4 Å². The van der Waals surface area contributed by atoms with Gasteiger partial charge in [-0.15, -0.1) is 0 Å². The largest absolute Gasteiger partial charge is 0.330 e. The molecule has 2 heterocycles. The predicted molar refractivity (Wildman–Crippen MR) is 74.1 cm³/mol. The van der Waals surface area contributed by atoms with E-state index >= 15 is 0 Å². The van der Waals surface area contributed by atoms with Crippen molar-refractivity contribution < 1.29 is 8.42 Å². The molecule has 1 saturated heterocycles. The molecule has 0 spiro atoms. The zero-order chi connectivity index (χ0) is 13.9. The number of hydrogen-bond donors (Lipinski definition) is 1. The van der Waals surface area contributed by atoms with Crippen LogP contribution in [0.2, 0.25) is 0 Å². The molecule has 19 heavy (non-hydrogen) atoms. The first-order valence-corrected chi connectivity index (χ1v) is 8.50. The lowest BCUT2D eigenvalue weighted by atomic mass is 10.00. The van der Waals surface area contributed by atoms with Gasteiger partial charge in [0, 0.05) is 25.8 Å². The highest BCUT2D eigenvalue weighted by molar-refractivity contribution is 7.88. The van der Waals surface area contributed by atoms with Crippen molar-refractivity contribution in [2.45, 2.75) is 25.8 Å². The third-order valence-electron chi connectivity index (χ3n) is 3.52. The lowest BCUT2D eigenvalue weighted by molar-refractivity contribution is 0.240. The Morgan fingerprint density at radius 3 is 3.00 bits per heavy atom. The highest BCUT2D eigenvalue weighted by Crippen LogP contribution is 2.20. The van der Waals surface area contributed by atoms with Gasteiger partial charge in [-0.05, 0) is 37.3 Å². The zero-order valence-corrected chi connectivity index (χ0v) is 12.1. The maximum atomic E-state index is 11.6. The molecule has 108 valence electrons. The van der Waals surface area contributed by atoms with Crippen molar-refractivity contribution >= 4 is 10.0 Å². The van der Waals surface area contributed by atoms with Crippen LogP contribution in [0.4, 0.5) is 0 Å². The Bertz CT molecular complexity index is 512. The van der Waals surface area contributed by atoms with Crippen molar-refractivity contribution in [2.75, 3.05) is 25.9 Å². The molecular weight excluding hydrogens is 264 g/mol. The third-order valence-corrected chi connectivity index (χ3v) is 4.79. The molecule has 0 aromatic carbocycles. The maximum absolute atomic E-state index is 11.6. The van der Waals surface area contributed by atoms with Gasteiger partial charge in [-0.3, -0.25) is 4.68 Å². The van der Waals surface area contributed by atoms with Gasteiger partial charge in [-0.25, -0.2) is 12.7 Å². The lowest BCUT2D eigenvalue weighted by Crippen LogP contribution is -2.40. The van der Waals surface area contributed by atoms with Crippen molar-refractivity contribution in [3.05, 3.63) is 18.0 Å². The predicted octanol–water partition coefficient (Wildman–Crippen LogP) is 0.0559. The Balaban J connectivity index is 1.94. The number of sulfonamides is 1. The van der Waals surface area contributed by atoms with Gasteiger partial charge in [0.05, 0.1) is 12.5 Å². The number of aromatic nitrogens is 2. The summed E-state index contributed by atoms with van der Waals surface area (Å²) in [6.07, 6.45) is 7.94. The van der Waals surface area contributed by atoms with Crippen molar-refractivity contribution in [1.29, 1.82) is 0 Å². The first-order chi connectivity index (χ1) is 8.99. The number of nitrogens with zero attached hydrogens (tertiary/aromatic N) is 3. The van der Waals surface area contributed by atoms with Crippen LogP contribution < -0.4 is 5.73 Å². The normalized spacial score (nSPS) is 21.7. The summed E-state index contributed by atoms with van der Waals surface area (Å²) in [6, 6.07) is 0. The van der Waals surface area contributed by atoms with E-state index in [1.807, 2.05) is 17.1 Å². The third kappa shape index (κ3) is 4.02. The van der Waals surface area contributed by atoms with Crippen molar-refractivity contribution in [3.63, 3.8) is 0 Å². The van der Waals surface area contributed by atoms with Crippen LogP contribution in [-0.4, -0.2) is 48.4 Å². The van der Waals surface area contributed by atoms with Gasteiger partial charge in [-0.1, -0.05) is 0 Å². The molecule has 2 rings (SSSR count). The SMILES string of the molecule is CS(=O)(=O)N1CCCC(Cn2cc(CCN)cn2)C1. The summed E-state index contributed by atoms with van der Waals surface area (Å²) in [7, 11) is -3.07. The smallest absolute Gasteiger partial charge is 0.211 e. The monoisotopic (exact) mass is 286 g/mol. The first-order valence-electron chi connectivity index (χ1n) is 6.65. The molecule has 0 saturated carbocycles. The Morgan fingerprint density at radius 2 is 2.32 bits per heavy atom. The second kappa shape index (κ2) is 6.02. The number of piperidine rings is 1. The number of rotatable bonds is 5. The first kappa shape index (κ1) is 14.5. The van der Waals surface area contributed by atoms with Gasteiger partial charge in [0.25, 0.3) is 0 Å². The lowest BCUT2D eigenvalue weighted by Gasteiger charge is -2.30. The van der Waals surface area contributed by atoms with Crippen LogP contribution >= 0.6 is 0 Å². The number of hydrogen-bond acceptors (Lipinski definition) is 4. The molecule has 1 aromatic rings. The molecule has 0 aliphatic carbocycles. The Kier molecular flexibility index (Phi) is 4.59. The fraction of sp³-hybridized carbons (Fsp3) is 0.750. The maximum Gasteiger partial charge on any atom is 0.211 e. The molecule has 7 heteroatoms. The van der Waals surface area contributed by atoms with E-state index in [2.05, 4.69) is 5.10 Å². The fourth-order valence-electron chi connectivity index (χ4n) is 2.54. The Morgan fingerprint density at radius 1 is 1.53 bits per heavy atom. The van der Waals surface area contributed by atoms with E-state index < -0.39 is 10.0 Å². The van der Waals surface area contributed by atoms with E-state index in [-0.39, 0.29) is 0 Å². The summed E-state index contributed by atoms with van der Waals surface area (Å²) in [5.74, 6) is 0.342. The molecule has 1 aliphatic heterocycles. The van der Waals surface area contributed by atoms with Crippen molar-refractivity contribution in [3.8, 4) is 0 Å². The molecule has 2 N–H and O–H groups in total. The van der Waals surface area contributed by atoms with Crippen LogP contribution in [-0.2, 0) is 23.0 Å². The minimum atomic E-state index is -3.07. The molecule has 1 aromatic heterocycles. The minimum Gasteiger partial charge on any atom is -0.330 e. The average Bonchev–Trinajstić information content (AvgIpc) is 2.76. The van der Waals surface area contributed by atoms with Crippen molar-refractivity contribution in [2.24, 2.45) is 11.7 Å². The summed E-state index contributed by atoms with van der Waals surface area (Å²) in [5, 5.41) is 4.31. The van der Waals surface area contributed by atoms with Crippen LogP contribution in [0.5, 0.6) is 0 Å². The Labute approximate surface area is 114 Å². The van der Waals surface area contributed by atoms with Gasteiger partial charge >= 0.3 is 0 Å². The molecule has 0 bridgehead atoms. The molecule has 1 aliphatic rings. The van der Waals surface area contributed by atoms with E-state index in [1.165, 1.54) is 6.26 Å². The number of nitrogens with two attached hydrogens (primary N) is 1. The van der Waals surface area contributed by atoms with Gasteiger partial charge < -0.3 is 5.73 Å². The van der Waals surface area contributed by atoms with Crippen LogP contribution in [0, 0.1) is 5.92 Å². The van der Waals surface area contributed by atoms with Crippen LogP contribution in [0.25, 0.3) is 0 Å².